The van der Waals surface area contributed by atoms with Crippen molar-refractivity contribution in [3.63, 3.8) is 0 Å². The SMILES string of the molecule is O=C(Cc1ccc([N+](=O)[O-])cc1)NCCC1=CCNCC1. The third-order valence-corrected chi connectivity index (χ3v) is 3.44. The maximum atomic E-state index is 11.8. The molecule has 1 aromatic rings. The van der Waals surface area contributed by atoms with Crippen LogP contribution in [0.15, 0.2) is 35.9 Å². The molecular weight excluding hydrogens is 270 g/mol. The molecule has 1 amide bonds. The number of nitrogens with zero attached hydrogens (tertiary/aromatic N) is 1. The fraction of sp³-hybridized carbons (Fsp3) is 0.400. The van der Waals surface area contributed by atoms with Crippen molar-refractivity contribution in [2.75, 3.05) is 19.6 Å². The van der Waals surface area contributed by atoms with Gasteiger partial charge in [0.15, 0.2) is 0 Å². The van der Waals surface area contributed by atoms with Crippen LogP contribution in [0.1, 0.15) is 18.4 Å². The van der Waals surface area contributed by atoms with Crippen LogP contribution >= 0.6 is 0 Å². The third kappa shape index (κ3) is 5.00. The second-order valence-electron chi connectivity index (χ2n) is 5.02. The van der Waals surface area contributed by atoms with E-state index < -0.39 is 4.92 Å². The molecule has 0 radical (unpaired) electrons. The van der Waals surface area contributed by atoms with Crippen LogP contribution in [0, 0.1) is 10.1 Å². The smallest absolute Gasteiger partial charge is 0.269 e. The normalized spacial score (nSPS) is 14.4. The molecule has 0 aliphatic carbocycles. The molecule has 0 aromatic heterocycles. The van der Waals surface area contributed by atoms with Crippen molar-refractivity contribution in [1.82, 2.24) is 10.6 Å². The first-order valence-corrected chi connectivity index (χ1v) is 7.04. The second kappa shape index (κ2) is 7.54. The van der Waals surface area contributed by atoms with Crippen LogP contribution in [0.4, 0.5) is 5.69 Å². The number of nitro groups is 1. The fourth-order valence-electron chi connectivity index (χ4n) is 2.24. The van der Waals surface area contributed by atoms with Crippen molar-refractivity contribution in [3.8, 4) is 0 Å². The largest absolute Gasteiger partial charge is 0.355 e. The summed E-state index contributed by atoms with van der Waals surface area (Å²) in [4.78, 5) is 21.9. The predicted molar refractivity (Wildman–Crippen MR) is 80.0 cm³/mol. The van der Waals surface area contributed by atoms with Gasteiger partial charge >= 0.3 is 0 Å². The highest BCUT2D eigenvalue weighted by molar-refractivity contribution is 5.78. The molecule has 1 aliphatic rings. The molecule has 0 saturated carbocycles. The predicted octanol–water partition coefficient (Wildman–Crippen LogP) is 1.56. The van der Waals surface area contributed by atoms with Crippen molar-refractivity contribution in [2.24, 2.45) is 0 Å². The minimum Gasteiger partial charge on any atom is -0.355 e. The highest BCUT2D eigenvalue weighted by Crippen LogP contribution is 2.12. The average molecular weight is 289 g/mol. The van der Waals surface area contributed by atoms with Gasteiger partial charge in [-0.25, -0.2) is 0 Å². The van der Waals surface area contributed by atoms with Crippen LogP contribution in [-0.4, -0.2) is 30.5 Å². The number of amides is 1. The number of nitrogens with one attached hydrogen (secondary N) is 2. The van der Waals surface area contributed by atoms with E-state index in [0.717, 1.165) is 31.5 Å². The molecule has 0 fully saturated rings. The number of non-ortho nitro benzene ring substituents is 1. The van der Waals surface area contributed by atoms with Gasteiger partial charge in [-0.3, -0.25) is 14.9 Å². The second-order valence-corrected chi connectivity index (χ2v) is 5.02. The lowest BCUT2D eigenvalue weighted by Crippen LogP contribution is -2.27. The summed E-state index contributed by atoms with van der Waals surface area (Å²) in [6.45, 7) is 2.55. The van der Waals surface area contributed by atoms with Crippen LogP contribution in [0.3, 0.4) is 0 Å². The van der Waals surface area contributed by atoms with Crippen LogP contribution in [-0.2, 0) is 11.2 Å². The third-order valence-electron chi connectivity index (χ3n) is 3.44. The van der Waals surface area contributed by atoms with Crippen LogP contribution in [0.2, 0.25) is 0 Å². The average Bonchev–Trinajstić information content (AvgIpc) is 2.49. The molecule has 0 spiro atoms. The molecule has 21 heavy (non-hydrogen) atoms. The van der Waals surface area contributed by atoms with Crippen molar-refractivity contribution >= 4 is 11.6 Å². The van der Waals surface area contributed by atoms with E-state index in [1.54, 1.807) is 12.1 Å². The molecule has 6 heteroatoms. The molecule has 0 atom stereocenters. The fourth-order valence-corrected chi connectivity index (χ4v) is 2.24. The zero-order valence-electron chi connectivity index (χ0n) is 11.8. The molecule has 1 aromatic carbocycles. The molecule has 1 heterocycles. The van der Waals surface area contributed by atoms with Crippen LogP contribution < -0.4 is 10.6 Å². The Labute approximate surface area is 123 Å². The Balaban J connectivity index is 1.73. The minimum absolute atomic E-state index is 0.0389. The molecule has 112 valence electrons. The number of carbonyl (C=O) groups is 1. The summed E-state index contributed by atoms with van der Waals surface area (Å²) in [5.74, 6) is -0.0570. The van der Waals surface area contributed by atoms with E-state index in [4.69, 9.17) is 0 Å². The van der Waals surface area contributed by atoms with E-state index in [2.05, 4.69) is 16.7 Å². The Kier molecular flexibility index (Phi) is 5.45. The van der Waals surface area contributed by atoms with E-state index in [1.807, 2.05) is 0 Å². The first kappa shape index (κ1) is 15.2. The maximum Gasteiger partial charge on any atom is 0.269 e. The van der Waals surface area contributed by atoms with Gasteiger partial charge in [-0.2, -0.15) is 0 Å². The van der Waals surface area contributed by atoms with Crippen molar-refractivity contribution in [1.29, 1.82) is 0 Å². The van der Waals surface area contributed by atoms with Gasteiger partial charge in [-0.05, 0) is 24.9 Å². The van der Waals surface area contributed by atoms with E-state index >= 15 is 0 Å². The lowest BCUT2D eigenvalue weighted by molar-refractivity contribution is -0.384. The number of hydrogen-bond acceptors (Lipinski definition) is 4. The van der Waals surface area contributed by atoms with E-state index in [9.17, 15) is 14.9 Å². The molecule has 2 rings (SSSR count). The first-order chi connectivity index (χ1) is 10.1. The Morgan fingerprint density at radius 1 is 1.33 bits per heavy atom. The molecule has 1 aliphatic heterocycles. The van der Waals surface area contributed by atoms with Gasteiger partial charge in [0, 0.05) is 25.2 Å². The van der Waals surface area contributed by atoms with E-state index in [1.165, 1.54) is 17.7 Å². The summed E-state index contributed by atoms with van der Waals surface area (Å²) in [7, 11) is 0. The van der Waals surface area contributed by atoms with E-state index in [-0.39, 0.29) is 18.0 Å². The van der Waals surface area contributed by atoms with Gasteiger partial charge in [0.25, 0.3) is 5.69 Å². The van der Waals surface area contributed by atoms with Gasteiger partial charge in [0.2, 0.25) is 5.91 Å². The summed E-state index contributed by atoms with van der Waals surface area (Å²) < 4.78 is 0. The number of benzene rings is 1. The Bertz CT molecular complexity index is 538. The number of nitro benzene ring substituents is 1. The van der Waals surface area contributed by atoms with Gasteiger partial charge in [0.1, 0.15) is 0 Å². The van der Waals surface area contributed by atoms with E-state index in [0.29, 0.717) is 6.54 Å². The van der Waals surface area contributed by atoms with Gasteiger partial charge < -0.3 is 10.6 Å². The molecule has 0 unspecified atom stereocenters. The monoisotopic (exact) mass is 289 g/mol. The lowest BCUT2D eigenvalue weighted by atomic mass is 10.1. The Morgan fingerprint density at radius 2 is 2.10 bits per heavy atom. The highest BCUT2D eigenvalue weighted by Gasteiger charge is 2.08. The number of carbonyl (C=O) groups excluding carboxylic acids is 1. The van der Waals surface area contributed by atoms with Crippen LogP contribution in [0.5, 0.6) is 0 Å². The summed E-state index contributed by atoms with van der Waals surface area (Å²) in [6.07, 6.45) is 4.34. The zero-order chi connectivity index (χ0) is 15.1. The maximum absolute atomic E-state index is 11.8. The highest BCUT2D eigenvalue weighted by atomic mass is 16.6. The quantitative estimate of drug-likeness (QED) is 0.473. The molecule has 6 nitrogen and oxygen atoms in total. The molecular formula is C15H19N3O3. The molecule has 0 saturated heterocycles. The summed E-state index contributed by atoms with van der Waals surface area (Å²) in [6, 6.07) is 6.07. The summed E-state index contributed by atoms with van der Waals surface area (Å²) in [5.41, 5.74) is 2.19. The van der Waals surface area contributed by atoms with Crippen molar-refractivity contribution in [3.05, 3.63) is 51.6 Å². The van der Waals surface area contributed by atoms with Crippen LogP contribution in [0.25, 0.3) is 0 Å². The van der Waals surface area contributed by atoms with Gasteiger partial charge in [-0.1, -0.05) is 23.8 Å². The Hall–Kier alpha value is -2.21. The van der Waals surface area contributed by atoms with Gasteiger partial charge in [0.05, 0.1) is 11.3 Å². The first-order valence-electron chi connectivity index (χ1n) is 7.04. The van der Waals surface area contributed by atoms with Crippen molar-refractivity contribution < 1.29 is 9.72 Å². The summed E-state index contributed by atoms with van der Waals surface area (Å²) >= 11 is 0. The zero-order valence-corrected chi connectivity index (χ0v) is 11.8. The Morgan fingerprint density at radius 3 is 2.71 bits per heavy atom. The number of hydrogen-bond donors (Lipinski definition) is 2. The standard InChI is InChI=1S/C15H19N3O3/c19-15(17-10-7-12-5-8-16-9-6-12)11-13-1-3-14(4-2-13)18(20)21/h1-5,16H,6-11H2,(H,17,19). The lowest BCUT2D eigenvalue weighted by Gasteiger charge is -2.14. The molecule has 2 N–H and O–H groups in total. The summed E-state index contributed by atoms with van der Waals surface area (Å²) in [5, 5.41) is 16.7. The van der Waals surface area contributed by atoms with Gasteiger partial charge in [-0.15, -0.1) is 0 Å². The topological polar surface area (TPSA) is 84.3 Å². The number of rotatable bonds is 6. The molecule has 0 bridgehead atoms. The minimum atomic E-state index is -0.448. The van der Waals surface area contributed by atoms with Crippen molar-refractivity contribution in [2.45, 2.75) is 19.3 Å².